The Morgan fingerprint density at radius 1 is 1.20 bits per heavy atom. The van der Waals surface area contributed by atoms with E-state index in [0.29, 0.717) is 5.17 Å². The van der Waals surface area contributed by atoms with Crippen molar-refractivity contribution in [3.05, 3.63) is 42.1 Å². The van der Waals surface area contributed by atoms with Crippen LogP contribution in [0, 0.1) is 0 Å². The Hall–Kier alpha value is -1.42. The highest BCUT2D eigenvalue weighted by Gasteiger charge is 2.05. The second-order valence-corrected chi connectivity index (χ2v) is 6.11. The number of para-hydroxylation sites is 1. The van der Waals surface area contributed by atoms with Crippen LogP contribution in [0.5, 0.6) is 0 Å². The lowest BCUT2D eigenvalue weighted by molar-refractivity contribution is 0.669. The largest absolute Gasteiger partial charge is 0.378 e. The van der Waals surface area contributed by atoms with Crippen molar-refractivity contribution in [1.29, 1.82) is 0 Å². The number of unbranched alkanes of at least 4 members (excludes halogenated alkanes) is 2. The minimum absolute atomic E-state index is 0.693. The van der Waals surface area contributed by atoms with Crippen LogP contribution in [0.15, 0.2) is 47.1 Å². The van der Waals surface area contributed by atoms with E-state index in [1.54, 1.807) is 11.8 Å². The molecule has 2 N–H and O–H groups in total. The van der Waals surface area contributed by atoms with E-state index in [0.717, 1.165) is 18.7 Å². The molecule has 1 aromatic rings. The zero-order valence-electron chi connectivity index (χ0n) is 12.1. The zero-order valence-corrected chi connectivity index (χ0v) is 12.9. The van der Waals surface area contributed by atoms with Crippen molar-refractivity contribution in [3.63, 3.8) is 0 Å². The smallest absolute Gasteiger partial charge is 0.158 e. The van der Waals surface area contributed by atoms with E-state index in [2.05, 4.69) is 47.3 Å². The molecule has 2 rings (SSSR count). The van der Waals surface area contributed by atoms with Crippen LogP contribution in [0.1, 0.15) is 25.7 Å². The molecule has 0 radical (unpaired) electrons. The number of nitrogens with zero attached hydrogens (tertiary/aromatic N) is 2. The first-order valence-corrected chi connectivity index (χ1v) is 8.14. The Morgan fingerprint density at radius 2 is 2.00 bits per heavy atom. The summed E-state index contributed by atoms with van der Waals surface area (Å²) in [7, 11) is 2.16. The van der Waals surface area contributed by atoms with E-state index < -0.39 is 0 Å². The second-order valence-electron chi connectivity index (χ2n) is 5.11. The maximum atomic E-state index is 5.62. The van der Waals surface area contributed by atoms with Crippen LogP contribution in [0.4, 0.5) is 5.69 Å². The molecule has 3 nitrogen and oxygen atoms in total. The number of anilines is 1. The van der Waals surface area contributed by atoms with Gasteiger partial charge in [0.15, 0.2) is 5.17 Å². The van der Waals surface area contributed by atoms with Crippen LogP contribution in [-0.2, 0) is 0 Å². The van der Waals surface area contributed by atoms with Crippen LogP contribution in [0.3, 0.4) is 0 Å². The molecule has 0 aliphatic carbocycles. The van der Waals surface area contributed by atoms with Gasteiger partial charge in [-0.15, -0.1) is 0 Å². The number of nitrogens with two attached hydrogens (primary N) is 1. The predicted molar refractivity (Wildman–Crippen MR) is 90.3 cm³/mol. The molecule has 1 heterocycles. The number of rotatable bonds is 7. The molecule has 1 aromatic carbocycles. The van der Waals surface area contributed by atoms with E-state index >= 15 is 0 Å². The summed E-state index contributed by atoms with van der Waals surface area (Å²) >= 11 is 1.64. The van der Waals surface area contributed by atoms with Crippen molar-refractivity contribution in [2.24, 2.45) is 10.7 Å². The Morgan fingerprint density at radius 3 is 2.70 bits per heavy atom. The average Bonchev–Trinajstić information content (AvgIpc) is 2.49. The van der Waals surface area contributed by atoms with Gasteiger partial charge in [0.05, 0.1) is 0 Å². The maximum Gasteiger partial charge on any atom is 0.158 e. The van der Waals surface area contributed by atoms with Crippen molar-refractivity contribution in [3.8, 4) is 0 Å². The quantitative estimate of drug-likeness (QED) is 0.779. The highest BCUT2D eigenvalue weighted by Crippen LogP contribution is 2.19. The van der Waals surface area contributed by atoms with Gasteiger partial charge in [-0.3, -0.25) is 0 Å². The highest BCUT2D eigenvalue weighted by molar-refractivity contribution is 8.14. The third-order valence-electron chi connectivity index (χ3n) is 3.47. The lowest BCUT2D eigenvalue weighted by Gasteiger charge is -2.19. The zero-order chi connectivity index (χ0) is 14.2. The molecule has 0 saturated heterocycles. The topological polar surface area (TPSA) is 41.6 Å². The SMILES string of the molecule is CN(CCCCCC1=CN=C(N)SC1)c1ccccc1. The normalized spacial score (nSPS) is 14.7. The Kier molecular flexibility index (Phi) is 5.99. The second kappa shape index (κ2) is 8.00. The van der Waals surface area contributed by atoms with Gasteiger partial charge in [0, 0.05) is 31.2 Å². The lowest BCUT2D eigenvalue weighted by Crippen LogP contribution is -2.18. The van der Waals surface area contributed by atoms with Gasteiger partial charge in [-0.05, 0) is 37.0 Å². The van der Waals surface area contributed by atoms with Gasteiger partial charge in [0.2, 0.25) is 0 Å². The van der Waals surface area contributed by atoms with Crippen molar-refractivity contribution >= 4 is 22.6 Å². The first-order valence-electron chi connectivity index (χ1n) is 7.16. The first-order chi connectivity index (χ1) is 9.75. The van der Waals surface area contributed by atoms with Crippen molar-refractivity contribution in [2.45, 2.75) is 25.7 Å². The average molecular weight is 289 g/mol. The Balaban J connectivity index is 1.60. The molecular weight excluding hydrogens is 266 g/mol. The molecule has 0 bridgehead atoms. The lowest BCUT2D eigenvalue weighted by atomic mass is 10.1. The molecule has 1 aliphatic rings. The Bertz CT molecular complexity index is 468. The predicted octanol–water partition coefficient (Wildman–Crippen LogP) is 3.63. The van der Waals surface area contributed by atoms with Gasteiger partial charge in [0.25, 0.3) is 0 Å². The fraction of sp³-hybridized carbons (Fsp3) is 0.438. The molecule has 0 fully saturated rings. The number of benzene rings is 1. The number of aliphatic imine (C=N–C) groups is 1. The van der Waals surface area contributed by atoms with E-state index in [4.69, 9.17) is 5.73 Å². The number of hydrogen-bond donors (Lipinski definition) is 1. The minimum Gasteiger partial charge on any atom is -0.378 e. The molecule has 0 unspecified atom stereocenters. The summed E-state index contributed by atoms with van der Waals surface area (Å²) in [6.45, 7) is 1.11. The molecule has 108 valence electrons. The van der Waals surface area contributed by atoms with Crippen molar-refractivity contribution in [1.82, 2.24) is 0 Å². The number of thioether (sulfide) groups is 1. The van der Waals surface area contributed by atoms with Gasteiger partial charge < -0.3 is 10.6 Å². The van der Waals surface area contributed by atoms with Crippen molar-refractivity contribution < 1.29 is 0 Å². The molecule has 0 saturated carbocycles. The molecule has 0 spiro atoms. The Labute approximate surface area is 126 Å². The summed E-state index contributed by atoms with van der Waals surface area (Å²) in [6, 6.07) is 10.6. The van der Waals surface area contributed by atoms with Crippen LogP contribution in [0.25, 0.3) is 0 Å². The van der Waals surface area contributed by atoms with E-state index in [1.165, 1.54) is 30.5 Å². The molecule has 0 atom stereocenters. The highest BCUT2D eigenvalue weighted by atomic mass is 32.2. The summed E-state index contributed by atoms with van der Waals surface area (Å²) in [5.41, 5.74) is 8.34. The van der Waals surface area contributed by atoms with Gasteiger partial charge in [-0.1, -0.05) is 36.4 Å². The third-order valence-corrected chi connectivity index (χ3v) is 4.38. The van der Waals surface area contributed by atoms with E-state index in [1.807, 2.05) is 6.20 Å². The van der Waals surface area contributed by atoms with Crippen molar-refractivity contribution in [2.75, 3.05) is 24.2 Å². The molecule has 1 aliphatic heterocycles. The summed E-state index contributed by atoms with van der Waals surface area (Å²) < 4.78 is 0. The van der Waals surface area contributed by atoms with E-state index in [-0.39, 0.29) is 0 Å². The van der Waals surface area contributed by atoms with Gasteiger partial charge in [-0.2, -0.15) is 0 Å². The van der Waals surface area contributed by atoms with Crippen LogP contribution < -0.4 is 10.6 Å². The maximum absolute atomic E-state index is 5.62. The van der Waals surface area contributed by atoms with Crippen LogP contribution in [-0.4, -0.2) is 24.5 Å². The fourth-order valence-corrected chi connectivity index (χ4v) is 2.90. The van der Waals surface area contributed by atoms with Crippen LogP contribution in [0.2, 0.25) is 0 Å². The third kappa shape index (κ3) is 4.93. The molecule has 0 aromatic heterocycles. The van der Waals surface area contributed by atoms with Gasteiger partial charge in [0.1, 0.15) is 0 Å². The summed E-state index contributed by atoms with van der Waals surface area (Å²) in [4.78, 5) is 6.49. The van der Waals surface area contributed by atoms with Crippen LogP contribution >= 0.6 is 11.8 Å². The summed E-state index contributed by atoms with van der Waals surface area (Å²) in [5.74, 6) is 1.01. The minimum atomic E-state index is 0.693. The fourth-order valence-electron chi connectivity index (χ4n) is 2.22. The summed E-state index contributed by atoms with van der Waals surface area (Å²) in [5, 5.41) is 0.693. The number of amidine groups is 1. The molecule has 4 heteroatoms. The molecule has 20 heavy (non-hydrogen) atoms. The first kappa shape index (κ1) is 15.0. The van der Waals surface area contributed by atoms with Gasteiger partial charge >= 0.3 is 0 Å². The standard InChI is InChI=1S/C16H23N3S/c1-19(15-9-5-2-6-10-15)11-7-3-4-8-14-12-18-16(17)20-13-14/h2,5-6,9-10,12H,3-4,7-8,11,13H2,1H3,(H2,17,18). The monoisotopic (exact) mass is 289 g/mol. The molecule has 0 amide bonds. The van der Waals surface area contributed by atoms with E-state index in [9.17, 15) is 0 Å². The van der Waals surface area contributed by atoms with Gasteiger partial charge in [-0.25, -0.2) is 4.99 Å². The summed E-state index contributed by atoms with van der Waals surface area (Å²) in [6.07, 6.45) is 6.83. The number of hydrogen-bond acceptors (Lipinski definition) is 4. The molecular formula is C16H23N3S.